The second-order valence-electron chi connectivity index (χ2n) is 3.70. The first kappa shape index (κ1) is 12.1. The van der Waals surface area contributed by atoms with Gasteiger partial charge in [-0.15, -0.1) is 0 Å². The number of hydrogen-bond donors (Lipinski definition) is 1. The quantitative estimate of drug-likeness (QED) is 0.847. The maximum absolute atomic E-state index is 13.5. The number of ketones is 1. The molecule has 2 aromatic rings. The zero-order chi connectivity index (χ0) is 13.1. The predicted octanol–water partition coefficient (Wildman–Crippen LogP) is 2.77. The predicted molar refractivity (Wildman–Crippen MR) is 64.5 cm³/mol. The Hall–Kier alpha value is -2.36. The van der Waals surface area contributed by atoms with Crippen LogP contribution in [0.15, 0.2) is 42.5 Å². The number of ether oxygens (including phenoxy) is 1. The van der Waals surface area contributed by atoms with Gasteiger partial charge < -0.3 is 9.84 Å². The summed E-state index contributed by atoms with van der Waals surface area (Å²) in [6, 6.07) is 9.91. The van der Waals surface area contributed by atoms with Crippen LogP contribution in [-0.4, -0.2) is 18.0 Å². The summed E-state index contributed by atoms with van der Waals surface area (Å²) in [4.78, 5) is 12.0. The van der Waals surface area contributed by atoms with E-state index in [1.165, 1.54) is 43.5 Å². The molecular formula is C14H11FO3. The van der Waals surface area contributed by atoms with Gasteiger partial charge >= 0.3 is 0 Å². The summed E-state index contributed by atoms with van der Waals surface area (Å²) >= 11 is 0. The third-order valence-corrected chi connectivity index (χ3v) is 2.56. The van der Waals surface area contributed by atoms with Gasteiger partial charge in [-0.3, -0.25) is 4.79 Å². The van der Waals surface area contributed by atoms with Crippen molar-refractivity contribution in [2.45, 2.75) is 0 Å². The largest absolute Gasteiger partial charge is 0.504 e. The smallest absolute Gasteiger partial charge is 0.196 e. The van der Waals surface area contributed by atoms with E-state index in [4.69, 9.17) is 4.74 Å². The fraction of sp³-hybridized carbons (Fsp3) is 0.0714. The van der Waals surface area contributed by atoms with Gasteiger partial charge in [-0.05, 0) is 30.3 Å². The summed E-state index contributed by atoms with van der Waals surface area (Å²) in [7, 11) is 1.41. The molecule has 0 fully saturated rings. The van der Waals surface area contributed by atoms with Gasteiger partial charge in [0.05, 0.1) is 12.7 Å². The topological polar surface area (TPSA) is 46.5 Å². The average molecular weight is 246 g/mol. The van der Waals surface area contributed by atoms with Crippen molar-refractivity contribution < 1.29 is 19.0 Å². The lowest BCUT2D eigenvalue weighted by molar-refractivity contribution is 0.103. The highest BCUT2D eigenvalue weighted by molar-refractivity contribution is 6.09. The Morgan fingerprint density at radius 1 is 1.22 bits per heavy atom. The normalized spacial score (nSPS) is 10.1. The Morgan fingerprint density at radius 3 is 2.56 bits per heavy atom. The molecule has 0 atom stereocenters. The molecule has 3 nitrogen and oxygen atoms in total. The lowest BCUT2D eigenvalue weighted by Crippen LogP contribution is -2.04. The first-order chi connectivity index (χ1) is 8.63. The summed E-state index contributed by atoms with van der Waals surface area (Å²) < 4.78 is 18.3. The van der Waals surface area contributed by atoms with Crippen LogP contribution in [0.4, 0.5) is 4.39 Å². The van der Waals surface area contributed by atoms with Crippen LogP contribution in [-0.2, 0) is 0 Å². The van der Waals surface area contributed by atoms with Crippen molar-refractivity contribution in [3.63, 3.8) is 0 Å². The molecule has 4 heteroatoms. The molecule has 2 aromatic carbocycles. The molecule has 0 amide bonds. The number of phenols is 1. The van der Waals surface area contributed by atoms with Crippen LogP contribution in [0.25, 0.3) is 0 Å². The molecule has 0 aliphatic rings. The molecule has 0 saturated heterocycles. The van der Waals surface area contributed by atoms with E-state index in [1.807, 2.05) is 0 Å². The molecule has 0 heterocycles. The Morgan fingerprint density at radius 2 is 1.94 bits per heavy atom. The molecule has 0 aliphatic heterocycles. The molecule has 1 N–H and O–H groups in total. The molecule has 92 valence electrons. The van der Waals surface area contributed by atoms with Crippen molar-refractivity contribution in [2.24, 2.45) is 0 Å². The first-order valence-corrected chi connectivity index (χ1v) is 5.29. The molecule has 0 saturated carbocycles. The zero-order valence-corrected chi connectivity index (χ0v) is 9.68. The number of benzene rings is 2. The van der Waals surface area contributed by atoms with Crippen molar-refractivity contribution in [2.75, 3.05) is 7.11 Å². The SMILES string of the molecule is COc1ccc(C(=O)c2ccccc2F)cc1O. The molecule has 0 spiro atoms. The minimum absolute atomic E-state index is 0.0259. The number of carbonyl (C=O) groups is 1. The van der Waals surface area contributed by atoms with Crippen LogP contribution >= 0.6 is 0 Å². The number of rotatable bonds is 3. The minimum Gasteiger partial charge on any atom is -0.504 e. The molecule has 0 aliphatic carbocycles. The molecule has 0 bridgehead atoms. The van der Waals surface area contributed by atoms with Gasteiger partial charge in [0.2, 0.25) is 0 Å². The van der Waals surface area contributed by atoms with Crippen LogP contribution in [0.2, 0.25) is 0 Å². The Labute approximate surface area is 103 Å². The van der Waals surface area contributed by atoms with Gasteiger partial charge in [0.25, 0.3) is 0 Å². The number of carbonyl (C=O) groups excluding carboxylic acids is 1. The molecule has 0 radical (unpaired) electrons. The van der Waals surface area contributed by atoms with E-state index in [1.54, 1.807) is 6.07 Å². The van der Waals surface area contributed by atoms with E-state index >= 15 is 0 Å². The number of methoxy groups -OCH3 is 1. The summed E-state index contributed by atoms with van der Waals surface area (Å²) in [5, 5.41) is 9.59. The van der Waals surface area contributed by atoms with Crippen molar-refractivity contribution in [3.05, 3.63) is 59.4 Å². The molecule has 2 rings (SSSR count). The highest BCUT2D eigenvalue weighted by Crippen LogP contribution is 2.27. The number of phenolic OH excluding ortho intramolecular Hbond substituents is 1. The Bertz CT molecular complexity index is 593. The fourth-order valence-electron chi connectivity index (χ4n) is 1.63. The van der Waals surface area contributed by atoms with E-state index in [0.29, 0.717) is 0 Å². The van der Waals surface area contributed by atoms with Crippen molar-refractivity contribution in [1.82, 2.24) is 0 Å². The standard InChI is InChI=1S/C14H11FO3/c1-18-13-7-6-9(8-12(13)16)14(17)10-4-2-3-5-11(10)15/h2-8,16H,1H3. The van der Waals surface area contributed by atoms with Gasteiger partial charge in [-0.2, -0.15) is 0 Å². The van der Waals surface area contributed by atoms with Gasteiger partial charge in [0.1, 0.15) is 5.82 Å². The summed E-state index contributed by atoms with van der Waals surface area (Å²) in [5.41, 5.74) is 0.181. The van der Waals surface area contributed by atoms with Crippen LogP contribution in [0.5, 0.6) is 11.5 Å². The minimum atomic E-state index is -0.585. The van der Waals surface area contributed by atoms with Crippen LogP contribution in [0, 0.1) is 5.82 Å². The second-order valence-corrected chi connectivity index (χ2v) is 3.70. The highest BCUT2D eigenvalue weighted by Gasteiger charge is 2.15. The van der Waals surface area contributed by atoms with Crippen molar-refractivity contribution >= 4 is 5.78 Å². The van der Waals surface area contributed by atoms with E-state index < -0.39 is 11.6 Å². The lowest BCUT2D eigenvalue weighted by Gasteiger charge is -2.06. The van der Waals surface area contributed by atoms with Crippen LogP contribution in [0.1, 0.15) is 15.9 Å². The van der Waals surface area contributed by atoms with E-state index in [-0.39, 0.29) is 22.6 Å². The summed E-state index contributed by atoms with van der Waals surface area (Å²) in [5.74, 6) is -0.955. The van der Waals surface area contributed by atoms with E-state index in [9.17, 15) is 14.3 Å². The monoisotopic (exact) mass is 246 g/mol. The van der Waals surface area contributed by atoms with E-state index in [0.717, 1.165) is 0 Å². The second kappa shape index (κ2) is 4.87. The third-order valence-electron chi connectivity index (χ3n) is 2.56. The third kappa shape index (κ3) is 2.18. The number of aromatic hydroxyl groups is 1. The van der Waals surface area contributed by atoms with E-state index in [2.05, 4.69) is 0 Å². The first-order valence-electron chi connectivity index (χ1n) is 5.29. The highest BCUT2D eigenvalue weighted by atomic mass is 19.1. The van der Waals surface area contributed by atoms with Crippen LogP contribution in [0.3, 0.4) is 0 Å². The van der Waals surface area contributed by atoms with Gasteiger partial charge in [0.15, 0.2) is 17.3 Å². The maximum atomic E-state index is 13.5. The van der Waals surface area contributed by atoms with Crippen LogP contribution < -0.4 is 4.74 Å². The Balaban J connectivity index is 2.41. The number of halogens is 1. The van der Waals surface area contributed by atoms with Gasteiger partial charge in [-0.1, -0.05) is 12.1 Å². The molecular weight excluding hydrogens is 235 g/mol. The summed E-state index contributed by atoms with van der Waals surface area (Å²) in [6.45, 7) is 0. The van der Waals surface area contributed by atoms with Gasteiger partial charge in [-0.25, -0.2) is 4.39 Å². The van der Waals surface area contributed by atoms with Gasteiger partial charge in [0, 0.05) is 5.56 Å². The summed E-state index contributed by atoms with van der Waals surface area (Å²) in [6.07, 6.45) is 0. The van der Waals surface area contributed by atoms with Crippen molar-refractivity contribution in [3.8, 4) is 11.5 Å². The lowest BCUT2D eigenvalue weighted by atomic mass is 10.0. The maximum Gasteiger partial charge on any atom is 0.196 e. The molecule has 0 unspecified atom stereocenters. The fourth-order valence-corrected chi connectivity index (χ4v) is 1.63. The molecule has 18 heavy (non-hydrogen) atoms. The Kier molecular flexibility index (Phi) is 3.28. The molecule has 0 aromatic heterocycles. The zero-order valence-electron chi connectivity index (χ0n) is 9.68. The average Bonchev–Trinajstić information content (AvgIpc) is 2.38. The number of hydrogen-bond acceptors (Lipinski definition) is 3. The van der Waals surface area contributed by atoms with Crippen molar-refractivity contribution in [1.29, 1.82) is 0 Å².